The Labute approximate surface area is 166 Å². The number of aromatic nitrogens is 1. The van der Waals surface area contributed by atoms with Crippen LogP contribution in [0.1, 0.15) is 31.0 Å². The van der Waals surface area contributed by atoms with E-state index in [0.29, 0.717) is 5.13 Å². The van der Waals surface area contributed by atoms with Crippen LogP contribution in [-0.4, -0.2) is 16.8 Å². The molecule has 1 heterocycles. The lowest BCUT2D eigenvalue weighted by Gasteiger charge is -2.13. The van der Waals surface area contributed by atoms with Crippen molar-refractivity contribution in [3.63, 3.8) is 0 Å². The summed E-state index contributed by atoms with van der Waals surface area (Å²) in [6.45, 7) is 3.42. The van der Waals surface area contributed by atoms with E-state index in [1.54, 1.807) is 12.1 Å². The van der Waals surface area contributed by atoms with E-state index in [0.717, 1.165) is 22.4 Å². The molecule has 3 aromatic rings. The van der Waals surface area contributed by atoms with Gasteiger partial charge in [0.15, 0.2) is 5.13 Å². The summed E-state index contributed by atoms with van der Waals surface area (Å²) in [6.07, 6.45) is 0.158. The number of amides is 2. The first-order valence-corrected chi connectivity index (χ1v) is 9.66. The molecule has 2 aromatic carbocycles. The molecule has 0 fully saturated rings. The quantitative estimate of drug-likeness (QED) is 0.650. The Hall–Kier alpha value is -3.06. The summed E-state index contributed by atoms with van der Waals surface area (Å²) in [4.78, 5) is 27.8. The summed E-state index contributed by atoms with van der Waals surface area (Å²) in [6, 6.07) is 13.5. The number of nitrogens with zero attached hydrogens (tertiary/aromatic N) is 1. The molecule has 0 bridgehead atoms. The van der Waals surface area contributed by atoms with E-state index < -0.39 is 0 Å². The minimum atomic E-state index is -0.328. The van der Waals surface area contributed by atoms with Gasteiger partial charge in [-0.25, -0.2) is 9.37 Å². The van der Waals surface area contributed by atoms with Crippen LogP contribution in [0.2, 0.25) is 0 Å². The number of thiazole rings is 1. The molecule has 1 atom stereocenters. The maximum absolute atomic E-state index is 12.9. The summed E-state index contributed by atoms with van der Waals surface area (Å²) >= 11 is 1.34. The lowest BCUT2D eigenvalue weighted by molar-refractivity contribution is -0.119. The molecule has 2 amide bonds. The minimum absolute atomic E-state index is 0.0664. The maximum atomic E-state index is 12.9. The van der Waals surface area contributed by atoms with Crippen molar-refractivity contribution in [1.82, 2.24) is 10.3 Å². The molecule has 0 saturated heterocycles. The number of carbonyl (C=O) groups excluding carboxylic acids is 2. The van der Waals surface area contributed by atoms with E-state index in [9.17, 15) is 14.0 Å². The third kappa shape index (κ3) is 5.23. The lowest BCUT2D eigenvalue weighted by Crippen LogP contribution is -2.23. The fourth-order valence-corrected chi connectivity index (χ4v) is 3.48. The second kappa shape index (κ2) is 8.75. The number of hydrogen-bond acceptors (Lipinski definition) is 4. The van der Waals surface area contributed by atoms with E-state index in [2.05, 4.69) is 15.6 Å². The van der Waals surface area contributed by atoms with E-state index >= 15 is 0 Å². The van der Waals surface area contributed by atoms with Crippen molar-refractivity contribution >= 4 is 28.3 Å². The van der Waals surface area contributed by atoms with Crippen LogP contribution in [0.15, 0.2) is 53.9 Å². The largest absolute Gasteiger partial charge is 0.350 e. The fraction of sp³-hybridized carbons (Fsp3) is 0.190. The first kappa shape index (κ1) is 19.7. The number of benzene rings is 2. The van der Waals surface area contributed by atoms with Crippen molar-refractivity contribution in [3.8, 4) is 11.3 Å². The first-order valence-electron chi connectivity index (χ1n) is 8.78. The Morgan fingerprint density at radius 1 is 1.11 bits per heavy atom. The van der Waals surface area contributed by atoms with Crippen LogP contribution in [-0.2, 0) is 16.0 Å². The molecule has 5 nitrogen and oxygen atoms in total. The van der Waals surface area contributed by atoms with Crippen LogP contribution < -0.4 is 10.6 Å². The number of nitrogens with one attached hydrogen (secondary N) is 2. The van der Waals surface area contributed by atoms with Crippen LogP contribution in [0.5, 0.6) is 0 Å². The topological polar surface area (TPSA) is 71.1 Å². The van der Waals surface area contributed by atoms with E-state index in [1.807, 2.05) is 36.6 Å². The number of halogens is 1. The molecule has 3 rings (SSSR count). The van der Waals surface area contributed by atoms with Crippen LogP contribution in [0.3, 0.4) is 0 Å². The number of hydrogen-bond donors (Lipinski definition) is 2. The van der Waals surface area contributed by atoms with Gasteiger partial charge in [-0.15, -0.1) is 11.3 Å². The summed E-state index contributed by atoms with van der Waals surface area (Å²) < 4.78 is 12.9. The number of anilines is 1. The number of carbonyl (C=O) groups is 2. The van der Waals surface area contributed by atoms with Crippen molar-refractivity contribution in [3.05, 3.63) is 70.9 Å². The summed E-state index contributed by atoms with van der Waals surface area (Å²) in [5.41, 5.74) is 3.43. The molecule has 28 heavy (non-hydrogen) atoms. The van der Waals surface area contributed by atoms with Gasteiger partial charge in [0.25, 0.3) is 0 Å². The highest BCUT2D eigenvalue weighted by Crippen LogP contribution is 2.26. The average Bonchev–Trinajstić information content (AvgIpc) is 3.11. The van der Waals surface area contributed by atoms with Crippen LogP contribution in [0, 0.1) is 5.82 Å². The molecule has 144 valence electrons. The van der Waals surface area contributed by atoms with E-state index in [4.69, 9.17) is 0 Å². The minimum Gasteiger partial charge on any atom is -0.350 e. The van der Waals surface area contributed by atoms with Gasteiger partial charge >= 0.3 is 0 Å². The molecule has 0 aliphatic carbocycles. The van der Waals surface area contributed by atoms with Crippen molar-refractivity contribution in [2.24, 2.45) is 0 Å². The Morgan fingerprint density at radius 3 is 2.43 bits per heavy atom. The Bertz CT molecular complexity index is 968. The monoisotopic (exact) mass is 397 g/mol. The molecule has 7 heteroatoms. The van der Waals surface area contributed by atoms with Crippen molar-refractivity contribution in [2.75, 3.05) is 5.32 Å². The summed E-state index contributed by atoms with van der Waals surface area (Å²) in [5, 5.41) is 8.01. The average molecular weight is 397 g/mol. The SMILES string of the molecule is CC(=O)NC(C)c1ccc(-c2csc(NC(=O)Cc3ccc(F)cc3)n2)cc1. The molecule has 0 radical (unpaired) electrons. The molecule has 1 aromatic heterocycles. The molecular formula is C21H20FN3O2S. The molecule has 0 aliphatic rings. The zero-order chi connectivity index (χ0) is 20.1. The Balaban J connectivity index is 1.62. The fourth-order valence-electron chi connectivity index (χ4n) is 2.75. The predicted molar refractivity (Wildman–Crippen MR) is 109 cm³/mol. The highest BCUT2D eigenvalue weighted by molar-refractivity contribution is 7.14. The second-order valence-electron chi connectivity index (χ2n) is 6.43. The van der Waals surface area contributed by atoms with E-state index in [-0.39, 0.29) is 30.1 Å². The van der Waals surface area contributed by atoms with Gasteiger partial charge in [-0.3, -0.25) is 9.59 Å². The van der Waals surface area contributed by atoms with Crippen LogP contribution in [0.4, 0.5) is 9.52 Å². The second-order valence-corrected chi connectivity index (χ2v) is 7.29. The zero-order valence-electron chi connectivity index (χ0n) is 15.5. The first-order chi connectivity index (χ1) is 13.4. The molecule has 0 saturated carbocycles. The highest BCUT2D eigenvalue weighted by Gasteiger charge is 2.11. The third-order valence-corrected chi connectivity index (χ3v) is 4.91. The van der Waals surface area contributed by atoms with Gasteiger partial charge in [-0.2, -0.15) is 0 Å². The standard InChI is InChI=1S/C21H20FN3O2S/c1-13(23-14(2)26)16-5-7-17(8-6-16)19-12-28-21(24-19)25-20(27)11-15-3-9-18(22)10-4-15/h3-10,12-13H,11H2,1-2H3,(H,23,26)(H,24,25,27). The molecule has 0 spiro atoms. The summed E-state index contributed by atoms with van der Waals surface area (Å²) in [7, 11) is 0. The number of rotatable bonds is 6. The molecular weight excluding hydrogens is 377 g/mol. The van der Waals surface area contributed by atoms with Gasteiger partial charge in [0, 0.05) is 17.9 Å². The van der Waals surface area contributed by atoms with Gasteiger partial charge in [-0.05, 0) is 30.2 Å². The van der Waals surface area contributed by atoms with Gasteiger partial charge in [0.1, 0.15) is 5.82 Å². The smallest absolute Gasteiger partial charge is 0.230 e. The predicted octanol–water partition coefficient (Wildman–Crippen LogP) is 4.33. The molecule has 1 unspecified atom stereocenters. The van der Waals surface area contributed by atoms with Gasteiger partial charge in [-0.1, -0.05) is 36.4 Å². The van der Waals surface area contributed by atoms with Crippen molar-refractivity contribution in [2.45, 2.75) is 26.3 Å². The van der Waals surface area contributed by atoms with E-state index in [1.165, 1.54) is 30.4 Å². The highest BCUT2D eigenvalue weighted by atomic mass is 32.1. The van der Waals surface area contributed by atoms with Crippen molar-refractivity contribution in [1.29, 1.82) is 0 Å². The summed E-state index contributed by atoms with van der Waals surface area (Å²) in [5.74, 6) is -0.602. The van der Waals surface area contributed by atoms with Crippen LogP contribution >= 0.6 is 11.3 Å². The Morgan fingerprint density at radius 2 is 1.79 bits per heavy atom. The lowest BCUT2D eigenvalue weighted by atomic mass is 10.1. The normalized spacial score (nSPS) is 11.7. The Kier molecular flexibility index (Phi) is 6.16. The van der Waals surface area contributed by atoms with Gasteiger partial charge < -0.3 is 10.6 Å². The zero-order valence-corrected chi connectivity index (χ0v) is 16.3. The van der Waals surface area contributed by atoms with Gasteiger partial charge in [0.2, 0.25) is 11.8 Å². The van der Waals surface area contributed by atoms with Gasteiger partial charge in [0.05, 0.1) is 18.2 Å². The maximum Gasteiger partial charge on any atom is 0.230 e. The van der Waals surface area contributed by atoms with Crippen LogP contribution in [0.25, 0.3) is 11.3 Å². The van der Waals surface area contributed by atoms with Crippen molar-refractivity contribution < 1.29 is 14.0 Å². The molecule has 0 aliphatic heterocycles. The third-order valence-electron chi connectivity index (χ3n) is 4.15. The molecule has 2 N–H and O–H groups in total.